The summed E-state index contributed by atoms with van der Waals surface area (Å²) >= 11 is 0. The first-order valence-corrected chi connectivity index (χ1v) is 6.21. The van der Waals surface area contributed by atoms with Gasteiger partial charge in [-0.1, -0.05) is 6.07 Å². The largest absolute Gasteiger partial charge is 0.320 e. The van der Waals surface area contributed by atoms with Crippen molar-refractivity contribution in [3.05, 3.63) is 51.6 Å². The second-order valence-corrected chi connectivity index (χ2v) is 4.41. The molecule has 1 N–H and O–H groups in total. The van der Waals surface area contributed by atoms with Gasteiger partial charge in [-0.3, -0.25) is 19.6 Å². The molecule has 1 heterocycles. The topological polar surface area (TPSA) is 90.1 Å². The summed E-state index contributed by atoms with van der Waals surface area (Å²) in [5.41, 5.74) is -0.0502. The van der Waals surface area contributed by atoms with Crippen molar-refractivity contribution in [3.8, 4) is 0 Å². The fourth-order valence-electron chi connectivity index (χ4n) is 1.78. The van der Waals surface area contributed by atoms with Gasteiger partial charge in [0.15, 0.2) is 0 Å². The Bertz CT molecular complexity index is 711. The van der Waals surface area contributed by atoms with Crippen LogP contribution in [0, 0.1) is 22.9 Å². The number of hydrogen-bond donors (Lipinski definition) is 1. The van der Waals surface area contributed by atoms with Gasteiger partial charge in [-0.15, -0.1) is 0 Å². The number of carbonyl (C=O) groups excluding carboxylic acids is 1. The highest BCUT2D eigenvalue weighted by Crippen LogP contribution is 2.20. The third-order valence-corrected chi connectivity index (χ3v) is 2.85. The predicted octanol–water partition coefficient (Wildman–Crippen LogP) is 2.51. The van der Waals surface area contributed by atoms with Gasteiger partial charge in [0.2, 0.25) is 5.69 Å². The van der Waals surface area contributed by atoms with Crippen LogP contribution in [0.15, 0.2) is 24.4 Å². The summed E-state index contributed by atoms with van der Waals surface area (Å²) in [4.78, 5) is 22.3. The van der Waals surface area contributed by atoms with Gasteiger partial charge in [0.05, 0.1) is 10.6 Å². The summed E-state index contributed by atoms with van der Waals surface area (Å²) in [6.07, 6.45) is 1.17. The lowest BCUT2D eigenvalue weighted by molar-refractivity contribution is -0.385. The molecule has 2 rings (SSSR count). The first kappa shape index (κ1) is 14.6. The van der Waals surface area contributed by atoms with Gasteiger partial charge in [0.1, 0.15) is 12.0 Å². The number of nitrogens with zero attached hydrogens (tertiary/aromatic N) is 3. The van der Waals surface area contributed by atoms with Crippen molar-refractivity contribution < 1.29 is 14.1 Å². The lowest BCUT2D eigenvalue weighted by Crippen LogP contribution is -2.15. The number of benzene rings is 1. The minimum absolute atomic E-state index is 0.0413. The lowest BCUT2D eigenvalue weighted by Gasteiger charge is -2.05. The molecule has 110 valence electrons. The minimum Gasteiger partial charge on any atom is -0.318 e. The van der Waals surface area contributed by atoms with Crippen LogP contribution in [0.5, 0.6) is 0 Å². The van der Waals surface area contributed by atoms with Gasteiger partial charge < -0.3 is 5.32 Å². The van der Waals surface area contributed by atoms with Crippen molar-refractivity contribution in [2.24, 2.45) is 0 Å². The van der Waals surface area contributed by atoms with Crippen molar-refractivity contribution in [3.63, 3.8) is 0 Å². The minimum atomic E-state index is -0.821. The number of aromatic nitrogens is 2. The van der Waals surface area contributed by atoms with E-state index in [1.165, 1.54) is 23.0 Å². The Morgan fingerprint density at radius 2 is 2.24 bits per heavy atom. The van der Waals surface area contributed by atoms with E-state index >= 15 is 0 Å². The van der Waals surface area contributed by atoms with Crippen molar-refractivity contribution in [2.45, 2.75) is 20.4 Å². The molecule has 0 fully saturated rings. The second kappa shape index (κ2) is 5.70. The first-order chi connectivity index (χ1) is 9.92. The maximum absolute atomic E-state index is 13.6. The molecule has 1 aromatic heterocycles. The normalized spacial score (nSPS) is 10.4. The van der Waals surface area contributed by atoms with Gasteiger partial charge in [-0.2, -0.15) is 5.10 Å². The molecule has 7 nitrogen and oxygen atoms in total. The van der Waals surface area contributed by atoms with Gasteiger partial charge in [-0.05, 0) is 31.5 Å². The van der Waals surface area contributed by atoms with E-state index in [1.807, 2.05) is 0 Å². The van der Waals surface area contributed by atoms with Crippen LogP contribution in [0.2, 0.25) is 0 Å². The van der Waals surface area contributed by atoms with Crippen LogP contribution in [0.25, 0.3) is 0 Å². The van der Waals surface area contributed by atoms with Crippen LogP contribution in [0.4, 0.5) is 15.8 Å². The molecule has 8 heteroatoms. The number of carbonyl (C=O) groups is 1. The predicted molar refractivity (Wildman–Crippen MR) is 73.6 cm³/mol. The molecule has 0 spiro atoms. The smallest absolute Gasteiger partial charge is 0.318 e. The third kappa shape index (κ3) is 3.04. The number of halogens is 1. The molecule has 0 aliphatic carbocycles. The van der Waals surface area contributed by atoms with Crippen molar-refractivity contribution in [1.82, 2.24) is 9.78 Å². The Labute approximate surface area is 119 Å². The Hall–Kier alpha value is -2.77. The van der Waals surface area contributed by atoms with E-state index in [9.17, 15) is 19.3 Å². The van der Waals surface area contributed by atoms with Gasteiger partial charge >= 0.3 is 5.69 Å². The molecule has 0 saturated carbocycles. The average Bonchev–Trinajstić information content (AvgIpc) is 2.87. The number of amides is 1. The quantitative estimate of drug-likeness (QED) is 0.692. The Morgan fingerprint density at radius 1 is 1.52 bits per heavy atom. The Balaban J connectivity index is 2.34. The SMILES string of the molecule is CCn1cc([N+](=O)[O-])c(C(=O)Nc2cc(C)ccc2F)n1. The molecule has 0 bridgehead atoms. The van der Waals surface area contributed by atoms with E-state index in [4.69, 9.17) is 0 Å². The van der Waals surface area contributed by atoms with Crippen LogP contribution in [0.3, 0.4) is 0 Å². The summed E-state index contributed by atoms with van der Waals surface area (Å²) in [6.45, 7) is 3.86. The van der Waals surface area contributed by atoms with E-state index in [-0.39, 0.29) is 11.4 Å². The number of nitrogens with one attached hydrogen (secondary N) is 1. The maximum Gasteiger partial charge on any atom is 0.320 e. The number of anilines is 1. The first-order valence-electron chi connectivity index (χ1n) is 6.21. The molecule has 21 heavy (non-hydrogen) atoms. The van der Waals surface area contributed by atoms with E-state index in [1.54, 1.807) is 19.9 Å². The monoisotopic (exact) mass is 292 g/mol. The van der Waals surface area contributed by atoms with Crippen molar-refractivity contribution >= 4 is 17.3 Å². The highest BCUT2D eigenvalue weighted by molar-refractivity contribution is 6.05. The van der Waals surface area contributed by atoms with Crippen LogP contribution < -0.4 is 5.32 Å². The molecule has 0 radical (unpaired) electrons. The molecule has 0 atom stereocenters. The zero-order chi connectivity index (χ0) is 15.6. The van der Waals surface area contributed by atoms with E-state index in [0.717, 1.165) is 5.56 Å². The van der Waals surface area contributed by atoms with E-state index in [0.29, 0.717) is 6.54 Å². The van der Waals surface area contributed by atoms with Gasteiger partial charge in [0, 0.05) is 6.54 Å². The molecule has 0 unspecified atom stereocenters. The number of nitro groups is 1. The highest BCUT2D eigenvalue weighted by Gasteiger charge is 2.25. The van der Waals surface area contributed by atoms with Gasteiger partial charge in [0.25, 0.3) is 5.91 Å². The van der Waals surface area contributed by atoms with Crippen LogP contribution in [-0.2, 0) is 6.54 Å². The second-order valence-electron chi connectivity index (χ2n) is 4.41. The van der Waals surface area contributed by atoms with Gasteiger partial charge in [-0.25, -0.2) is 4.39 Å². The summed E-state index contributed by atoms with van der Waals surface area (Å²) in [5, 5.41) is 17.1. The molecule has 0 aliphatic rings. The van der Waals surface area contributed by atoms with Crippen LogP contribution in [-0.4, -0.2) is 20.6 Å². The Morgan fingerprint density at radius 3 is 2.86 bits per heavy atom. The molecular formula is C13H13FN4O3. The summed E-state index contributed by atoms with van der Waals surface area (Å²) in [5.74, 6) is -1.44. The highest BCUT2D eigenvalue weighted by atomic mass is 19.1. The summed E-state index contributed by atoms with van der Waals surface area (Å²) in [6, 6.07) is 4.21. The standard InChI is InChI=1S/C13H13FN4O3/c1-3-17-7-11(18(20)21)12(16-17)13(19)15-10-6-8(2)4-5-9(10)14/h4-7H,3H2,1-2H3,(H,15,19). The fraction of sp³-hybridized carbons (Fsp3) is 0.231. The van der Waals surface area contributed by atoms with E-state index in [2.05, 4.69) is 10.4 Å². The Kier molecular flexibility index (Phi) is 3.97. The van der Waals surface area contributed by atoms with Crippen molar-refractivity contribution in [1.29, 1.82) is 0 Å². The summed E-state index contributed by atoms with van der Waals surface area (Å²) < 4.78 is 14.9. The lowest BCUT2D eigenvalue weighted by atomic mass is 10.2. The molecule has 0 saturated heterocycles. The fourth-order valence-corrected chi connectivity index (χ4v) is 1.78. The number of aryl methyl sites for hydroxylation is 2. The number of rotatable bonds is 4. The third-order valence-electron chi connectivity index (χ3n) is 2.85. The van der Waals surface area contributed by atoms with Crippen LogP contribution >= 0.6 is 0 Å². The molecule has 2 aromatic rings. The maximum atomic E-state index is 13.6. The molecular weight excluding hydrogens is 279 g/mol. The zero-order valence-electron chi connectivity index (χ0n) is 11.5. The van der Waals surface area contributed by atoms with E-state index < -0.39 is 22.3 Å². The molecule has 0 aliphatic heterocycles. The molecule has 1 amide bonds. The van der Waals surface area contributed by atoms with Crippen molar-refractivity contribution in [2.75, 3.05) is 5.32 Å². The molecule has 1 aromatic carbocycles. The average molecular weight is 292 g/mol. The zero-order valence-corrected chi connectivity index (χ0v) is 11.5. The summed E-state index contributed by atoms with van der Waals surface area (Å²) in [7, 11) is 0. The van der Waals surface area contributed by atoms with Crippen LogP contribution in [0.1, 0.15) is 23.0 Å². The number of hydrogen-bond acceptors (Lipinski definition) is 4.